The SMILES string of the molecule is Cn1c(C(=O)NCc2cccc3c2CCNC3)c(C=N)c2sc(S(C)=O)nc21. The molecule has 1 unspecified atom stereocenters. The van der Waals surface area contributed by atoms with Crippen molar-refractivity contribution in [2.24, 2.45) is 7.05 Å². The van der Waals surface area contributed by atoms with E-state index in [-0.39, 0.29) is 5.91 Å². The third-order valence-corrected chi connectivity index (χ3v) is 7.43. The van der Waals surface area contributed by atoms with E-state index in [9.17, 15) is 9.00 Å². The van der Waals surface area contributed by atoms with Crippen molar-refractivity contribution in [2.45, 2.75) is 23.8 Å². The molecule has 146 valence electrons. The van der Waals surface area contributed by atoms with Gasteiger partial charge in [-0.3, -0.25) is 9.00 Å². The minimum Gasteiger partial charge on any atom is -0.347 e. The van der Waals surface area contributed by atoms with E-state index in [1.54, 1.807) is 17.9 Å². The molecule has 2 aromatic heterocycles. The van der Waals surface area contributed by atoms with Crippen LogP contribution in [0, 0.1) is 5.41 Å². The van der Waals surface area contributed by atoms with Crippen molar-refractivity contribution in [2.75, 3.05) is 12.8 Å². The van der Waals surface area contributed by atoms with Crippen LogP contribution in [-0.4, -0.2) is 38.7 Å². The highest BCUT2D eigenvalue weighted by atomic mass is 32.2. The molecule has 1 aliphatic rings. The molecule has 4 rings (SSSR count). The Morgan fingerprint density at radius 3 is 3.07 bits per heavy atom. The van der Waals surface area contributed by atoms with Gasteiger partial charge in [0, 0.05) is 38.2 Å². The van der Waals surface area contributed by atoms with Gasteiger partial charge in [0.25, 0.3) is 5.91 Å². The van der Waals surface area contributed by atoms with Crippen LogP contribution >= 0.6 is 11.3 Å². The van der Waals surface area contributed by atoms with Gasteiger partial charge in [-0.2, -0.15) is 0 Å². The van der Waals surface area contributed by atoms with Crippen LogP contribution in [-0.2, 0) is 37.4 Å². The number of hydrogen-bond acceptors (Lipinski definition) is 6. The predicted octanol–water partition coefficient (Wildman–Crippen LogP) is 1.95. The minimum absolute atomic E-state index is 0.239. The second-order valence-corrected chi connectivity index (χ2v) is 9.27. The zero-order valence-electron chi connectivity index (χ0n) is 15.7. The number of amides is 1. The van der Waals surface area contributed by atoms with Crippen LogP contribution < -0.4 is 10.6 Å². The van der Waals surface area contributed by atoms with Gasteiger partial charge in [0.2, 0.25) is 0 Å². The molecular weight excluding hydrogens is 394 g/mol. The lowest BCUT2D eigenvalue weighted by atomic mass is 9.95. The van der Waals surface area contributed by atoms with Crippen molar-refractivity contribution >= 4 is 44.6 Å². The van der Waals surface area contributed by atoms with Crippen LogP contribution in [0.1, 0.15) is 32.7 Å². The summed E-state index contributed by atoms with van der Waals surface area (Å²) in [6.45, 7) is 2.24. The van der Waals surface area contributed by atoms with Gasteiger partial charge in [-0.1, -0.05) is 18.2 Å². The lowest BCUT2D eigenvalue weighted by Crippen LogP contribution is -2.29. The van der Waals surface area contributed by atoms with Crippen LogP contribution in [0.25, 0.3) is 10.3 Å². The van der Waals surface area contributed by atoms with Crippen LogP contribution in [0.4, 0.5) is 0 Å². The van der Waals surface area contributed by atoms with E-state index >= 15 is 0 Å². The van der Waals surface area contributed by atoms with E-state index < -0.39 is 10.8 Å². The van der Waals surface area contributed by atoms with Gasteiger partial charge >= 0.3 is 0 Å². The summed E-state index contributed by atoms with van der Waals surface area (Å²) in [6, 6.07) is 6.19. The second-order valence-electron chi connectivity index (χ2n) is 6.72. The Balaban J connectivity index is 1.63. The molecule has 1 atom stereocenters. The summed E-state index contributed by atoms with van der Waals surface area (Å²) < 4.78 is 14.6. The number of thiazole rings is 1. The molecule has 0 spiro atoms. The molecular formula is C19H21N5O2S2. The smallest absolute Gasteiger partial charge is 0.268 e. The number of carbonyl (C=O) groups excluding carboxylic acids is 1. The van der Waals surface area contributed by atoms with E-state index in [2.05, 4.69) is 27.8 Å². The van der Waals surface area contributed by atoms with E-state index in [0.717, 1.165) is 29.8 Å². The molecule has 0 saturated carbocycles. The molecule has 0 aliphatic carbocycles. The summed E-state index contributed by atoms with van der Waals surface area (Å²) in [5.41, 5.74) is 5.22. The molecule has 7 nitrogen and oxygen atoms in total. The molecule has 0 radical (unpaired) electrons. The van der Waals surface area contributed by atoms with Gasteiger partial charge in [-0.05, 0) is 29.7 Å². The van der Waals surface area contributed by atoms with Crippen molar-refractivity contribution in [3.8, 4) is 0 Å². The topological polar surface area (TPSA) is 99.9 Å². The average molecular weight is 416 g/mol. The van der Waals surface area contributed by atoms with Gasteiger partial charge in [0.15, 0.2) is 9.99 Å². The van der Waals surface area contributed by atoms with Gasteiger partial charge in [0.1, 0.15) is 5.69 Å². The zero-order valence-corrected chi connectivity index (χ0v) is 17.3. The highest BCUT2D eigenvalue weighted by Gasteiger charge is 2.24. The van der Waals surface area contributed by atoms with Gasteiger partial charge in [0.05, 0.1) is 15.5 Å². The first-order valence-corrected chi connectivity index (χ1v) is 11.3. The fourth-order valence-corrected chi connectivity index (χ4v) is 5.44. The summed E-state index contributed by atoms with van der Waals surface area (Å²) in [4.78, 5) is 17.3. The van der Waals surface area contributed by atoms with Crippen LogP contribution in [0.5, 0.6) is 0 Å². The average Bonchev–Trinajstić information content (AvgIpc) is 3.24. The molecule has 3 N–H and O–H groups in total. The van der Waals surface area contributed by atoms with Gasteiger partial charge in [-0.25, -0.2) is 4.98 Å². The number of fused-ring (bicyclic) bond motifs is 2. The number of aryl methyl sites for hydroxylation is 1. The standard InChI is InChI=1S/C19H21N5O2S2/c1-24-15(14(8-20)16-17(24)23-19(27-16)28(2)26)18(25)22-10-12-5-3-4-11-9-21-7-6-13(11)12/h3-5,8,20-21H,6-7,9-10H2,1-2H3,(H,22,25). The number of rotatable bonds is 5. The fraction of sp³-hybridized carbons (Fsp3) is 0.316. The van der Waals surface area contributed by atoms with Crippen molar-refractivity contribution in [3.05, 3.63) is 46.1 Å². The Kier molecular flexibility index (Phi) is 5.13. The van der Waals surface area contributed by atoms with Crippen molar-refractivity contribution < 1.29 is 9.00 Å². The van der Waals surface area contributed by atoms with E-state index in [0.29, 0.717) is 27.8 Å². The van der Waals surface area contributed by atoms with Gasteiger partial charge in [-0.15, -0.1) is 11.3 Å². The predicted molar refractivity (Wildman–Crippen MR) is 112 cm³/mol. The summed E-state index contributed by atoms with van der Waals surface area (Å²) in [7, 11) is 0.560. The lowest BCUT2D eigenvalue weighted by molar-refractivity contribution is 0.0943. The monoisotopic (exact) mass is 415 g/mol. The molecule has 0 fully saturated rings. The highest BCUT2D eigenvalue weighted by molar-refractivity contribution is 7.86. The molecule has 0 saturated heterocycles. The largest absolute Gasteiger partial charge is 0.347 e. The molecule has 1 amide bonds. The molecule has 9 heteroatoms. The fourth-order valence-electron chi connectivity index (χ4n) is 3.66. The maximum atomic E-state index is 12.9. The zero-order chi connectivity index (χ0) is 19.8. The van der Waals surface area contributed by atoms with Crippen LogP contribution in [0.2, 0.25) is 0 Å². The quantitative estimate of drug-likeness (QED) is 0.555. The minimum atomic E-state index is -1.19. The first-order chi connectivity index (χ1) is 13.5. The van der Waals surface area contributed by atoms with E-state index in [1.807, 2.05) is 6.07 Å². The van der Waals surface area contributed by atoms with Crippen LogP contribution in [0.15, 0.2) is 22.5 Å². The van der Waals surface area contributed by atoms with E-state index in [4.69, 9.17) is 5.41 Å². The first-order valence-electron chi connectivity index (χ1n) is 8.93. The summed E-state index contributed by atoms with van der Waals surface area (Å²) in [5, 5.41) is 14.2. The Morgan fingerprint density at radius 2 is 2.32 bits per heavy atom. The van der Waals surface area contributed by atoms with E-state index in [1.165, 1.54) is 28.7 Å². The molecule has 3 heterocycles. The molecule has 0 bridgehead atoms. The third kappa shape index (κ3) is 3.19. The number of nitrogens with zero attached hydrogens (tertiary/aromatic N) is 2. The molecule has 1 aromatic carbocycles. The molecule has 1 aliphatic heterocycles. The molecule has 3 aromatic rings. The summed E-state index contributed by atoms with van der Waals surface area (Å²) in [5.74, 6) is -0.239. The number of nitrogens with one attached hydrogen (secondary N) is 3. The normalized spacial score (nSPS) is 14.6. The Hall–Kier alpha value is -2.36. The molecule has 28 heavy (non-hydrogen) atoms. The number of carbonyl (C=O) groups is 1. The lowest BCUT2D eigenvalue weighted by Gasteiger charge is -2.20. The van der Waals surface area contributed by atoms with Crippen molar-refractivity contribution in [3.63, 3.8) is 0 Å². The maximum absolute atomic E-state index is 12.9. The van der Waals surface area contributed by atoms with Gasteiger partial charge < -0.3 is 20.6 Å². The highest BCUT2D eigenvalue weighted by Crippen LogP contribution is 2.31. The Bertz CT molecular complexity index is 1120. The van der Waals surface area contributed by atoms with Crippen LogP contribution in [0.3, 0.4) is 0 Å². The maximum Gasteiger partial charge on any atom is 0.268 e. The summed E-state index contributed by atoms with van der Waals surface area (Å²) in [6.07, 6.45) is 3.70. The number of hydrogen-bond donors (Lipinski definition) is 3. The Morgan fingerprint density at radius 1 is 1.50 bits per heavy atom. The second kappa shape index (κ2) is 7.57. The summed E-state index contributed by atoms with van der Waals surface area (Å²) >= 11 is 1.27. The first kappa shape index (κ1) is 19.0. The van der Waals surface area contributed by atoms with Crippen molar-refractivity contribution in [1.82, 2.24) is 20.2 Å². The van der Waals surface area contributed by atoms with Crippen molar-refractivity contribution in [1.29, 1.82) is 5.41 Å². The third-order valence-electron chi connectivity index (χ3n) is 5.02. The Labute approximate surface area is 169 Å². The number of benzene rings is 1. The number of aromatic nitrogens is 2.